The molecule has 2 aliphatic carbocycles. The number of nitro benzene ring substituents is 1. The van der Waals surface area contributed by atoms with Crippen molar-refractivity contribution in [2.45, 2.75) is 112 Å². The molecule has 14 heteroatoms. The highest BCUT2D eigenvalue weighted by Gasteiger charge is 2.50. The normalized spacial score (nSPS) is 23.6. The lowest BCUT2D eigenvalue weighted by Crippen LogP contribution is -2.60. The lowest BCUT2D eigenvalue weighted by atomic mass is 9.59. The van der Waals surface area contributed by atoms with Crippen molar-refractivity contribution in [3.05, 3.63) is 118 Å². The number of primary amides is 1. The van der Waals surface area contributed by atoms with E-state index in [1.54, 1.807) is 6.07 Å². The molecule has 62 heavy (non-hydrogen) atoms. The maximum atomic E-state index is 14.3. The molecule has 330 valence electrons. The van der Waals surface area contributed by atoms with E-state index in [-0.39, 0.29) is 44.1 Å². The molecule has 2 saturated heterocycles. The fourth-order valence-corrected chi connectivity index (χ4v) is 12.1. The number of hydrogen-bond donors (Lipinski definition) is 3. The number of piperazine rings is 1. The van der Waals surface area contributed by atoms with E-state index in [4.69, 9.17) is 5.73 Å². The maximum absolute atomic E-state index is 14.3. The van der Waals surface area contributed by atoms with E-state index in [1.165, 1.54) is 35.4 Å². The number of nitro groups is 1. The van der Waals surface area contributed by atoms with Crippen LogP contribution in [0.1, 0.15) is 111 Å². The van der Waals surface area contributed by atoms with E-state index >= 15 is 0 Å². The molecule has 4 aromatic rings. The van der Waals surface area contributed by atoms with E-state index in [0.717, 1.165) is 89.6 Å². The third-order valence-electron chi connectivity index (χ3n) is 14.4. The van der Waals surface area contributed by atoms with Crippen LogP contribution in [0.2, 0.25) is 0 Å². The minimum absolute atomic E-state index is 0.157. The lowest BCUT2D eigenvalue weighted by Gasteiger charge is -2.58. The van der Waals surface area contributed by atoms with Crippen molar-refractivity contribution in [1.82, 2.24) is 14.8 Å². The van der Waals surface area contributed by atoms with Crippen molar-refractivity contribution < 1.29 is 23.2 Å². The average molecular weight is 864 g/mol. The molecule has 0 bridgehead atoms. The molecule has 13 nitrogen and oxygen atoms in total. The van der Waals surface area contributed by atoms with Gasteiger partial charge in [0, 0.05) is 75.8 Å². The van der Waals surface area contributed by atoms with Gasteiger partial charge in [0.2, 0.25) is 15.7 Å². The first-order chi connectivity index (χ1) is 29.6. The third kappa shape index (κ3) is 9.25. The highest BCUT2D eigenvalue weighted by atomic mass is 32.2. The number of nitrogens with zero attached hydrogens (tertiary/aromatic N) is 5. The van der Waals surface area contributed by atoms with Crippen LogP contribution >= 0.6 is 0 Å². The number of rotatable bonds is 13. The summed E-state index contributed by atoms with van der Waals surface area (Å²) < 4.78 is 28.6. The number of aromatic nitrogens is 1. The molecule has 3 heterocycles. The number of carbonyl (C=O) groups is 1. The number of amides is 1. The number of benzene rings is 3. The van der Waals surface area contributed by atoms with Crippen molar-refractivity contribution in [3.8, 4) is 0 Å². The summed E-state index contributed by atoms with van der Waals surface area (Å²) in [6, 6.07) is 24.4. The smallest absolute Gasteiger partial charge is 0.293 e. The average Bonchev–Trinajstić information content (AvgIpc) is 3.25. The topological polar surface area (TPSA) is 175 Å². The van der Waals surface area contributed by atoms with Crippen LogP contribution in [0.3, 0.4) is 0 Å². The molecule has 1 amide bonds. The fourth-order valence-electron chi connectivity index (χ4n) is 10.6. The highest BCUT2D eigenvalue weighted by Crippen LogP contribution is 2.53. The Labute approximate surface area is 365 Å². The van der Waals surface area contributed by atoms with E-state index in [2.05, 4.69) is 75.2 Å². The van der Waals surface area contributed by atoms with Gasteiger partial charge in [0.15, 0.2) is 0 Å². The van der Waals surface area contributed by atoms with Gasteiger partial charge in [-0.1, -0.05) is 44.2 Å². The second-order valence-corrected chi connectivity index (χ2v) is 20.9. The quantitative estimate of drug-likeness (QED) is 0.0887. The predicted molar refractivity (Wildman–Crippen MR) is 241 cm³/mol. The van der Waals surface area contributed by atoms with Gasteiger partial charge in [-0.15, -0.1) is 0 Å². The number of nitrogens with two attached hydrogens (primary N) is 1. The SMILES string of the molecule is CC(C)c1ccccc1C1CN(Cc2ccccn2)CCN1C1CC2(CCN(c3ccc(C(N)=O)c(S(=O)(=O)c4ccc(NCC5CCC(C)(O)CC5)c([N+](=O)[O-])c4)c3)CC2)C1. The van der Waals surface area contributed by atoms with E-state index in [9.17, 15) is 28.4 Å². The maximum Gasteiger partial charge on any atom is 0.293 e. The number of aliphatic hydroxyl groups is 1. The molecule has 3 aromatic carbocycles. The van der Waals surface area contributed by atoms with E-state index < -0.39 is 26.3 Å². The van der Waals surface area contributed by atoms with Crippen LogP contribution in [0.4, 0.5) is 17.1 Å². The van der Waals surface area contributed by atoms with Gasteiger partial charge < -0.3 is 21.1 Å². The van der Waals surface area contributed by atoms with Crippen molar-refractivity contribution >= 4 is 32.8 Å². The monoisotopic (exact) mass is 863 g/mol. The Morgan fingerprint density at radius 1 is 0.968 bits per heavy atom. The Morgan fingerprint density at radius 2 is 1.69 bits per heavy atom. The molecule has 0 radical (unpaired) electrons. The summed E-state index contributed by atoms with van der Waals surface area (Å²) in [5.41, 5.74) is 9.53. The van der Waals surface area contributed by atoms with Gasteiger partial charge in [-0.25, -0.2) is 8.42 Å². The zero-order valence-electron chi connectivity index (χ0n) is 36.2. The summed E-state index contributed by atoms with van der Waals surface area (Å²) in [5.74, 6) is -0.244. The lowest BCUT2D eigenvalue weighted by molar-refractivity contribution is -0.384. The molecule has 4 aliphatic rings. The molecule has 2 saturated carbocycles. The number of nitrogens with one attached hydrogen (secondary N) is 1. The summed E-state index contributed by atoms with van der Waals surface area (Å²) in [5, 5.41) is 25.7. The Kier molecular flexibility index (Phi) is 12.5. The largest absolute Gasteiger partial charge is 0.390 e. The molecule has 1 spiro atoms. The van der Waals surface area contributed by atoms with Crippen molar-refractivity contribution in [3.63, 3.8) is 0 Å². The zero-order valence-corrected chi connectivity index (χ0v) is 37.0. The molecule has 1 unspecified atom stereocenters. The van der Waals surface area contributed by atoms with E-state index in [0.29, 0.717) is 37.0 Å². The Morgan fingerprint density at radius 3 is 2.37 bits per heavy atom. The van der Waals surface area contributed by atoms with Crippen LogP contribution in [-0.4, -0.2) is 90.1 Å². The first-order valence-corrected chi connectivity index (χ1v) is 23.8. The zero-order chi connectivity index (χ0) is 43.8. The minimum atomic E-state index is -4.39. The van der Waals surface area contributed by atoms with Gasteiger partial charge in [-0.3, -0.25) is 29.7 Å². The fraction of sp³-hybridized carbons (Fsp3) is 0.500. The Balaban J connectivity index is 0.953. The van der Waals surface area contributed by atoms with E-state index in [1.807, 2.05) is 19.2 Å². The summed E-state index contributed by atoms with van der Waals surface area (Å²) in [6.45, 7) is 12.1. The third-order valence-corrected chi connectivity index (χ3v) is 16.1. The van der Waals surface area contributed by atoms with Crippen LogP contribution in [0.5, 0.6) is 0 Å². The molecule has 2 aliphatic heterocycles. The second-order valence-electron chi connectivity index (χ2n) is 18.9. The number of sulfone groups is 1. The first kappa shape index (κ1) is 43.7. The molecule has 8 rings (SSSR count). The predicted octanol–water partition coefficient (Wildman–Crippen LogP) is 7.71. The number of carbonyl (C=O) groups excluding carboxylic acids is 1. The molecular weight excluding hydrogens is 803 g/mol. The Hall–Kier alpha value is -4.89. The molecule has 1 atom stereocenters. The first-order valence-electron chi connectivity index (χ1n) is 22.3. The van der Waals surface area contributed by atoms with Crippen LogP contribution in [0.15, 0.2) is 94.9 Å². The van der Waals surface area contributed by atoms with Gasteiger partial charge in [-0.05, 0) is 129 Å². The Bertz CT molecular complexity index is 2370. The molecule has 4 N–H and O–H groups in total. The number of piperidine rings is 1. The van der Waals surface area contributed by atoms with Gasteiger partial charge in [-0.2, -0.15) is 0 Å². The standard InChI is InChI=1S/C48H61N7O6S/c1-33(2)39-9-4-5-10-40(39)44-32-52(31-35-8-6-7-21-50-35)24-25-54(44)37-28-48(29-37)19-22-53(23-20-48)36-11-13-41(46(49)56)45(26-36)62(60,61)38-12-14-42(43(27-38)55(58)59)51-30-34-15-17-47(3,57)18-16-34/h4-14,21,26-27,33-34,37,44,51,57H,15-20,22-25,28-32H2,1-3H3,(H2,49,56). The van der Waals surface area contributed by atoms with Crippen LogP contribution < -0.4 is 16.0 Å². The second kappa shape index (κ2) is 17.7. The summed E-state index contributed by atoms with van der Waals surface area (Å²) in [4.78, 5) is 35.9. The highest BCUT2D eigenvalue weighted by molar-refractivity contribution is 7.91. The van der Waals surface area contributed by atoms with Crippen LogP contribution in [-0.2, 0) is 16.4 Å². The number of hydrogen-bond acceptors (Lipinski definition) is 11. The minimum Gasteiger partial charge on any atom is -0.390 e. The summed E-state index contributed by atoms with van der Waals surface area (Å²) in [6.07, 6.45) is 8.92. The van der Waals surface area contributed by atoms with Gasteiger partial charge >= 0.3 is 0 Å². The van der Waals surface area contributed by atoms with Gasteiger partial charge in [0.25, 0.3) is 5.69 Å². The van der Waals surface area contributed by atoms with Crippen molar-refractivity contribution in [1.29, 1.82) is 0 Å². The number of anilines is 2. The molecular formula is C48H61N7O6S. The van der Waals surface area contributed by atoms with Crippen LogP contribution in [0, 0.1) is 21.4 Å². The summed E-state index contributed by atoms with van der Waals surface area (Å²) >= 11 is 0. The number of pyridine rings is 1. The van der Waals surface area contributed by atoms with Gasteiger partial charge in [0.05, 0.1) is 31.6 Å². The molecule has 1 aromatic heterocycles. The molecule has 4 fully saturated rings. The van der Waals surface area contributed by atoms with Gasteiger partial charge in [0.1, 0.15) is 5.69 Å². The van der Waals surface area contributed by atoms with Crippen molar-refractivity contribution in [2.75, 3.05) is 49.5 Å². The van der Waals surface area contributed by atoms with Crippen molar-refractivity contribution in [2.24, 2.45) is 17.1 Å². The summed E-state index contributed by atoms with van der Waals surface area (Å²) in [7, 11) is -4.39. The van der Waals surface area contributed by atoms with Crippen LogP contribution in [0.25, 0.3) is 0 Å².